The Morgan fingerprint density at radius 1 is 1.64 bits per heavy atom. The number of carbonyl (C=O) groups excluding carboxylic acids is 1. The van der Waals surface area contributed by atoms with Gasteiger partial charge >= 0.3 is 0 Å². The van der Waals surface area contributed by atoms with Gasteiger partial charge < -0.3 is 4.84 Å². The number of amidine groups is 1. The maximum absolute atomic E-state index is 11.6. The van der Waals surface area contributed by atoms with Crippen LogP contribution in [0.3, 0.4) is 0 Å². The second-order valence-electron chi connectivity index (χ2n) is 3.04. The lowest BCUT2D eigenvalue weighted by Gasteiger charge is -2.25. The molecular weight excluding hydrogens is 200 g/mol. The van der Waals surface area contributed by atoms with Crippen LogP contribution in [0.15, 0.2) is 22.7 Å². The molecule has 2 heterocycles. The van der Waals surface area contributed by atoms with E-state index >= 15 is 0 Å². The molecule has 1 atom stereocenters. The predicted molar refractivity (Wildman–Crippen MR) is 54.2 cm³/mol. The Hall–Kier alpha value is -1.36. The number of oxime groups is 1. The van der Waals surface area contributed by atoms with E-state index in [1.54, 1.807) is 14.0 Å². The number of carbonyl (C=O) groups is 1. The fourth-order valence-electron chi connectivity index (χ4n) is 1.23. The molecule has 0 aliphatic carbocycles. The SMILES string of the molecule is CC1ON=C(c2cccs2)N(C)C1=O. The van der Waals surface area contributed by atoms with Crippen LogP contribution in [0.25, 0.3) is 0 Å². The topological polar surface area (TPSA) is 41.9 Å². The Bertz CT molecular complexity index is 372. The quantitative estimate of drug-likeness (QED) is 0.700. The third-order valence-electron chi connectivity index (χ3n) is 2.03. The van der Waals surface area contributed by atoms with Crippen molar-refractivity contribution in [2.45, 2.75) is 13.0 Å². The molecule has 0 fully saturated rings. The average Bonchev–Trinajstić information content (AvgIpc) is 2.67. The zero-order valence-corrected chi connectivity index (χ0v) is 8.75. The van der Waals surface area contributed by atoms with Crippen molar-refractivity contribution in [1.29, 1.82) is 0 Å². The summed E-state index contributed by atoms with van der Waals surface area (Å²) in [5, 5.41) is 5.86. The van der Waals surface area contributed by atoms with E-state index in [0.29, 0.717) is 5.84 Å². The highest BCUT2D eigenvalue weighted by molar-refractivity contribution is 7.12. The standard InChI is InChI=1S/C9H10N2O2S/c1-6-9(12)11(2)8(10-13-6)7-4-3-5-14-7/h3-6H,1-2H3. The summed E-state index contributed by atoms with van der Waals surface area (Å²) in [6, 6.07) is 3.82. The number of thiophene rings is 1. The first-order valence-electron chi connectivity index (χ1n) is 4.25. The van der Waals surface area contributed by atoms with Crippen molar-refractivity contribution >= 4 is 23.1 Å². The van der Waals surface area contributed by atoms with Crippen LogP contribution < -0.4 is 0 Å². The second kappa shape index (κ2) is 3.42. The number of nitrogens with zero attached hydrogens (tertiary/aromatic N) is 2. The van der Waals surface area contributed by atoms with Gasteiger partial charge in [0.1, 0.15) is 0 Å². The molecule has 1 aliphatic rings. The first-order valence-corrected chi connectivity index (χ1v) is 5.13. The molecule has 2 rings (SSSR count). The van der Waals surface area contributed by atoms with Crippen molar-refractivity contribution in [1.82, 2.24) is 4.90 Å². The first kappa shape index (κ1) is 9.21. The molecule has 1 aromatic heterocycles. The maximum atomic E-state index is 11.6. The fourth-order valence-corrected chi connectivity index (χ4v) is 1.97. The molecule has 0 aromatic carbocycles. The summed E-state index contributed by atoms with van der Waals surface area (Å²) < 4.78 is 0. The Morgan fingerprint density at radius 3 is 3.07 bits per heavy atom. The fraction of sp³-hybridized carbons (Fsp3) is 0.333. The molecule has 14 heavy (non-hydrogen) atoms. The minimum Gasteiger partial charge on any atom is -0.381 e. The van der Waals surface area contributed by atoms with E-state index in [1.165, 1.54) is 16.2 Å². The molecule has 0 saturated heterocycles. The van der Waals surface area contributed by atoms with Crippen LogP contribution in [0.1, 0.15) is 11.8 Å². The molecular formula is C9H10N2O2S. The van der Waals surface area contributed by atoms with Gasteiger partial charge in [-0.05, 0) is 18.4 Å². The summed E-state index contributed by atoms with van der Waals surface area (Å²) >= 11 is 1.53. The van der Waals surface area contributed by atoms with E-state index in [9.17, 15) is 4.79 Å². The molecule has 1 amide bonds. The second-order valence-corrected chi connectivity index (χ2v) is 3.98. The highest BCUT2D eigenvalue weighted by atomic mass is 32.1. The van der Waals surface area contributed by atoms with Crippen LogP contribution in [0, 0.1) is 0 Å². The lowest BCUT2D eigenvalue weighted by molar-refractivity contribution is -0.140. The number of likely N-dealkylation sites (N-methyl/N-ethyl adjacent to an activating group) is 1. The summed E-state index contributed by atoms with van der Waals surface area (Å²) in [7, 11) is 1.71. The number of rotatable bonds is 1. The molecule has 5 heteroatoms. The van der Waals surface area contributed by atoms with Gasteiger partial charge in [0, 0.05) is 7.05 Å². The highest BCUT2D eigenvalue weighted by Crippen LogP contribution is 2.17. The molecule has 4 nitrogen and oxygen atoms in total. The third kappa shape index (κ3) is 1.39. The Kier molecular flexibility index (Phi) is 2.25. The normalized spacial score (nSPS) is 21.9. The Balaban J connectivity index is 2.33. The van der Waals surface area contributed by atoms with Crippen molar-refractivity contribution in [2.24, 2.45) is 5.16 Å². The number of hydrogen-bond acceptors (Lipinski definition) is 4. The molecule has 0 saturated carbocycles. The molecule has 0 N–H and O–H groups in total. The minimum absolute atomic E-state index is 0.0663. The van der Waals surface area contributed by atoms with Crippen LogP contribution in [-0.2, 0) is 9.63 Å². The lowest BCUT2D eigenvalue weighted by atomic mass is 10.3. The van der Waals surface area contributed by atoms with Crippen molar-refractivity contribution in [3.8, 4) is 0 Å². The molecule has 0 radical (unpaired) electrons. The van der Waals surface area contributed by atoms with Crippen molar-refractivity contribution in [3.05, 3.63) is 22.4 Å². The average molecular weight is 210 g/mol. The van der Waals surface area contributed by atoms with Gasteiger partial charge in [0.2, 0.25) is 6.10 Å². The molecule has 1 unspecified atom stereocenters. The van der Waals surface area contributed by atoms with E-state index in [4.69, 9.17) is 4.84 Å². The largest absolute Gasteiger partial charge is 0.381 e. The van der Waals surface area contributed by atoms with Crippen molar-refractivity contribution in [3.63, 3.8) is 0 Å². The Labute approximate surface area is 85.8 Å². The van der Waals surface area contributed by atoms with E-state index in [0.717, 1.165) is 4.88 Å². The van der Waals surface area contributed by atoms with Gasteiger partial charge in [-0.1, -0.05) is 11.2 Å². The summed E-state index contributed by atoms with van der Waals surface area (Å²) in [4.78, 5) is 19.0. The first-order chi connectivity index (χ1) is 6.70. The van der Waals surface area contributed by atoms with Crippen LogP contribution in [0.5, 0.6) is 0 Å². The van der Waals surface area contributed by atoms with Crippen molar-refractivity contribution in [2.75, 3.05) is 7.05 Å². The molecule has 1 aliphatic heterocycles. The number of amides is 1. The lowest BCUT2D eigenvalue weighted by Crippen LogP contribution is -2.43. The molecule has 1 aromatic rings. The van der Waals surface area contributed by atoms with Gasteiger partial charge in [-0.15, -0.1) is 11.3 Å². The molecule has 0 spiro atoms. The zero-order chi connectivity index (χ0) is 10.1. The van der Waals surface area contributed by atoms with E-state index < -0.39 is 6.10 Å². The van der Waals surface area contributed by atoms with E-state index in [1.807, 2.05) is 17.5 Å². The van der Waals surface area contributed by atoms with Crippen molar-refractivity contribution < 1.29 is 9.63 Å². The zero-order valence-electron chi connectivity index (χ0n) is 7.93. The monoisotopic (exact) mass is 210 g/mol. The van der Waals surface area contributed by atoms with E-state index in [-0.39, 0.29) is 5.91 Å². The Morgan fingerprint density at radius 2 is 2.43 bits per heavy atom. The van der Waals surface area contributed by atoms with Crippen LogP contribution in [0.2, 0.25) is 0 Å². The van der Waals surface area contributed by atoms with Gasteiger partial charge in [-0.3, -0.25) is 9.69 Å². The van der Waals surface area contributed by atoms with Gasteiger partial charge in [0.15, 0.2) is 5.84 Å². The van der Waals surface area contributed by atoms with E-state index in [2.05, 4.69) is 5.16 Å². The number of hydrogen-bond donors (Lipinski definition) is 0. The molecule has 0 bridgehead atoms. The summed E-state index contributed by atoms with van der Waals surface area (Å²) in [6.45, 7) is 1.69. The predicted octanol–water partition coefficient (Wildman–Crippen LogP) is 1.29. The van der Waals surface area contributed by atoms with Gasteiger partial charge in [-0.2, -0.15) is 0 Å². The van der Waals surface area contributed by atoms with Gasteiger partial charge in [-0.25, -0.2) is 0 Å². The summed E-state index contributed by atoms with van der Waals surface area (Å²) in [6.07, 6.45) is -0.483. The van der Waals surface area contributed by atoms with Crippen LogP contribution >= 0.6 is 11.3 Å². The molecule has 74 valence electrons. The summed E-state index contributed by atoms with van der Waals surface area (Å²) in [5.74, 6) is 0.520. The van der Waals surface area contributed by atoms with Gasteiger partial charge in [0.05, 0.1) is 4.88 Å². The minimum atomic E-state index is -0.483. The van der Waals surface area contributed by atoms with Crippen LogP contribution in [-0.4, -0.2) is 29.8 Å². The van der Waals surface area contributed by atoms with Gasteiger partial charge in [0.25, 0.3) is 5.91 Å². The smallest absolute Gasteiger partial charge is 0.271 e. The summed E-state index contributed by atoms with van der Waals surface area (Å²) in [5.41, 5.74) is 0. The third-order valence-corrected chi connectivity index (χ3v) is 2.90. The van der Waals surface area contributed by atoms with Crippen LogP contribution in [0.4, 0.5) is 0 Å². The maximum Gasteiger partial charge on any atom is 0.271 e. The highest BCUT2D eigenvalue weighted by Gasteiger charge is 2.28.